The lowest BCUT2D eigenvalue weighted by atomic mass is 9.87. The molecule has 3 heteroatoms. The Bertz CT molecular complexity index is 277. The average molecular weight is 152 g/mol. The molecule has 1 heterocycles. The van der Waals surface area contributed by atoms with Gasteiger partial charge in [-0.2, -0.15) is 0 Å². The van der Waals surface area contributed by atoms with Crippen molar-refractivity contribution in [3.63, 3.8) is 0 Å². The molecule has 0 amide bonds. The van der Waals surface area contributed by atoms with E-state index in [1.54, 1.807) is 0 Å². The van der Waals surface area contributed by atoms with Gasteiger partial charge in [0, 0.05) is 6.42 Å². The molecule has 0 unspecified atom stereocenters. The van der Waals surface area contributed by atoms with Gasteiger partial charge in [-0.3, -0.25) is 0 Å². The fourth-order valence-corrected chi connectivity index (χ4v) is 1.56. The maximum absolute atomic E-state index is 5.93. The molecule has 1 aromatic heterocycles. The second-order valence-corrected chi connectivity index (χ2v) is 3.81. The van der Waals surface area contributed by atoms with E-state index in [4.69, 9.17) is 10.2 Å². The van der Waals surface area contributed by atoms with Gasteiger partial charge in [-0.1, -0.05) is 13.8 Å². The minimum Gasteiger partial charge on any atom is -0.447 e. The van der Waals surface area contributed by atoms with Gasteiger partial charge in [-0.05, 0) is 5.41 Å². The van der Waals surface area contributed by atoms with Gasteiger partial charge in [-0.25, -0.2) is 4.98 Å². The maximum atomic E-state index is 5.93. The number of aromatic nitrogens is 1. The molecule has 2 rings (SSSR count). The van der Waals surface area contributed by atoms with Crippen LogP contribution in [0.2, 0.25) is 0 Å². The fraction of sp³-hybridized carbons (Fsp3) is 0.625. The number of hydrogen-bond acceptors (Lipinski definition) is 3. The van der Waals surface area contributed by atoms with Crippen molar-refractivity contribution in [1.29, 1.82) is 0 Å². The lowest BCUT2D eigenvalue weighted by Gasteiger charge is -2.21. The van der Waals surface area contributed by atoms with E-state index in [0.717, 1.165) is 17.9 Å². The minimum atomic E-state index is 0.0139. The maximum Gasteiger partial charge on any atom is 0.181 e. The van der Waals surface area contributed by atoms with E-state index in [1.165, 1.54) is 6.39 Å². The Balaban J connectivity index is 2.45. The Kier molecular flexibility index (Phi) is 1.16. The second kappa shape index (κ2) is 1.85. The monoisotopic (exact) mass is 152 g/mol. The molecule has 0 fully saturated rings. The first-order valence-electron chi connectivity index (χ1n) is 3.79. The van der Waals surface area contributed by atoms with Crippen molar-refractivity contribution >= 4 is 0 Å². The van der Waals surface area contributed by atoms with Crippen LogP contribution in [0.25, 0.3) is 0 Å². The largest absolute Gasteiger partial charge is 0.447 e. The van der Waals surface area contributed by atoms with Gasteiger partial charge in [0.25, 0.3) is 0 Å². The van der Waals surface area contributed by atoms with Crippen LogP contribution >= 0.6 is 0 Å². The zero-order chi connectivity index (χ0) is 8.06. The second-order valence-electron chi connectivity index (χ2n) is 3.81. The van der Waals surface area contributed by atoms with Crippen molar-refractivity contribution in [2.24, 2.45) is 11.1 Å². The Labute approximate surface area is 65.6 Å². The van der Waals surface area contributed by atoms with Crippen molar-refractivity contribution in [1.82, 2.24) is 4.98 Å². The van der Waals surface area contributed by atoms with Crippen LogP contribution in [0.3, 0.4) is 0 Å². The third kappa shape index (κ3) is 0.807. The molecular formula is C8H12N2O. The zero-order valence-corrected chi connectivity index (χ0v) is 6.79. The van der Waals surface area contributed by atoms with Gasteiger partial charge in [0.1, 0.15) is 5.76 Å². The van der Waals surface area contributed by atoms with Crippen molar-refractivity contribution in [3.8, 4) is 0 Å². The molecule has 0 saturated heterocycles. The standard InChI is InChI=1S/C8H12N2O/c1-8(2)3-5-6(7(8)9)11-4-10-5/h4,7H,3,9H2,1-2H3/t7-/m1/s1. The Morgan fingerprint density at radius 1 is 1.73 bits per heavy atom. The molecule has 3 nitrogen and oxygen atoms in total. The van der Waals surface area contributed by atoms with E-state index < -0.39 is 0 Å². The van der Waals surface area contributed by atoms with Gasteiger partial charge in [-0.15, -0.1) is 0 Å². The first-order chi connectivity index (χ1) is 5.11. The Morgan fingerprint density at radius 3 is 3.09 bits per heavy atom. The summed E-state index contributed by atoms with van der Waals surface area (Å²) < 4.78 is 5.19. The summed E-state index contributed by atoms with van der Waals surface area (Å²) in [6.07, 6.45) is 2.40. The highest BCUT2D eigenvalue weighted by Gasteiger charge is 2.39. The highest BCUT2D eigenvalue weighted by Crippen LogP contribution is 2.42. The van der Waals surface area contributed by atoms with E-state index in [0.29, 0.717) is 0 Å². The van der Waals surface area contributed by atoms with Crippen LogP contribution in [0.1, 0.15) is 31.3 Å². The normalized spacial score (nSPS) is 27.0. The highest BCUT2D eigenvalue weighted by molar-refractivity contribution is 5.23. The molecule has 1 aliphatic carbocycles. The molecule has 0 spiro atoms. The van der Waals surface area contributed by atoms with Gasteiger partial charge >= 0.3 is 0 Å². The predicted octanol–water partition coefficient (Wildman–Crippen LogP) is 1.26. The van der Waals surface area contributed by atoms with E-state index in [9.17, 15) is 0 Å². The van der Waals surface area contributed by atoms with Crippen LogP contribution in [-0.2, 0) is 6.42 Å². The lowest BCUT2D eigenvalue weighted by molar-refractivity contribution is 0.286. The topological polar surface area (TPSA) is 52.0 Å². The summed E-state index contributed by atoms with van der Waals surface area (Å²) in [6, 6.07) is 0.0139. The Morgan fingerprint density at radius 2 is 2.45 bits per heavy atom. The van der Waals surface area contributed by atoms with Crippen molar-refractivity contribution in [3.05, 3.63) is 17.8 Å². The number of rotatable bonds is 0. The van der Waals surface area contributed by atoms with Crippen LogP contribution in [0.5, 0.6) is 0 Å². The average Bonchev–Trinajstić information content (AvgIpc) is 2.39. The summed E-state index contributed by atoms with van der Waals surface area (Å²) in [4.78, 5) is 4.10. The zero-order valence-electron chi connectivity index (χ0n) is 6.79. The van der Waals surface area contributed by atoms with Gasteiger partial charge < -0.3 is 10.2 Å². The third-order valence-corrected chi connectivity index (χ3v) is 2.42. The molecular weight excluding hydrogens is 140 g/mol. The molecule has 0 saturated carbocycles. The number of nitrogens with two attached hydrogens (primary N) is 1. The van der Waals surface area contributed by atoms with Gasteiger partial charge in [0.05, 0.1) is 11.7 Å². The molecule has 0 bridgehead atoms. The first kappa shape index (κ1) is 6.85. The molecule has 11 heavy (non-hydrogen) atoms. The molecule has 1 aromatic rings. The van der Waals surface area contributed by atoms with E-state index in [-0.39, 0.29) is 11.5 Å². The number of oxazole rings is 1. The smallest absolute Gasteiger partial charge is 0.181 e. The molecule has 2 N–H and O–H groups in total. The first-order valence-corrected chi connectivity index (χ1v) is 3.79. The fourth-order valence-electron chi connectivity index (χ4n) is 1.56. The Hall–Kier alpha value is -0.830. The van der Waals surface area contributed by atoms with Crippen molar-refractivity contribution < 1.29 is 4.42 Å². The van der Waals surface area contributed by atoms with Crippen LogP contribution < -0.4 is 5.73 Å². The summed E-state index contributed by atoms with van der Waals surface area (Å²) in [7, 11) is 0. The summed E-state index contributed by atoms with van der Waals surface area (Å²) in [6.45, 7) is 4.27. The molecule has 0 aromatic carbocycles. The molecule has 0 aliphatic heterocycles. The predicted molar refractivity (Wildman–Crippen MR) is 40.9 cm³/mol. The van der Waals surface area contributed by atoms with E-state index in [1.807, 2.05) is 0 Å². The van der Waals surface area contributed by atoms with E-state index >= 15 is 0 Å². The SMILES string of the molecule is CC1(C)Cc2ncoc2[C@H]1N. The highest BCUT2D eigenvalue weighted by atomic mass is 16.3. The minimum absolute atomic E-state index is 0.0139. The van der Waals surface area contributed by atoms with Crippen LogP contribution in [-0.4, -0.2) is 4.98 Å². The molecule has 1 atom stereocenters. The van der Waals surface area contributed by atoms with Crippen molar-refractivity contribution in [2.75, 3.05) is 0 Å². The molecule has 0 radical (unpaired) electrons. The molecule has 60 valence electrons. The number of hydrogen-bond donors (Lipinski definition) is 1. The van der Waals surface area contributed by atoms with Crippen LogP contribution in [0.4, 0.5) is 0 Å². The number of fused-ring (bicyclic) bond motifs is 1. The number of nitrogens with zero attached hydrogens (tertiary/aromatic N) is 1. The van der Waals surface area contributed by atoms with Gasteiger partial charge in [0.2, 0.25) is 0 Å². The van der Waals surface area contributed by atoms with Gasteiger partial charge in [0.15, 0.2) is 6.39 Å². The van der Waals surface area contributed by atoms with Crippen molar-refractivity contribution in [2.45, 2.75) is 26.3 Å². The summed E-state index contributed by atoms with van der Waals surface area (Å²) in [5.74, 6) is 0.870. The van der Waals surface area contributed by atoms with E-state index in [2.05, 4.69) is 18.8 Å². The summed E-state index contributed by atoms with van der Waals surface area (Å²) in [5.41, 5.74) is 7.08. The van der Waals surface area contributed by atoms with Crippen LogP contribution in [0.15, 0.2) is 10.8 Å². The van der Waals surface area contributed by atoms with Crippen LogP contribution in [0, 0.1) is 5.41 Å². The third-order valence-electron chi connectivity index (χ3n) is 2.42. The lowest BCUT2D eigenvalue weighted by Crippen LogP contribution is -2.24. The summed E-state index contributed by atoms with van der Waals surface area (Å²) >= 11 is 0. The summed E-state index contributed by atoms with van der Waals surface area (Å²) in [5, 5.41) is 0. The molecule has 1 aliphatic rings. The quantitative estimate of drug-likeness (QED) is 0.608.